The van der Waals surface area contributed by atoms with Crippen molar-refractivity contribution in [3.8, 4) is 0 Å². The zero-order valence-electron chi connectivity index (χ0n) is 8.32. The van der Waals surface area contributed by atoms with E-state index in [1.165, 1.54) is 19.6 Å². The standard InChI is InChI=1S/C10H17NO2/c1-9-5-7-11(8-9)6-3-4-10(12)13-2/h3-4,9H,5-8H2,1-2H3/b4-3+. The monoisotopic (exact) mass is 183 g/mol. The van der Waals surface area contributed by atoms with Crippen molar-refractivity contribution in [2.45, 2.75) is 13.3 Å². The maximum atomic E-state index is 10.7. The van der Waals surface area contributed by atoms with Crippen LogP contribution in [0.15, 0.2) is 12.2 Å². The van der Waals surface area contributed by atoms with Gasteiger partial charge in [0.05, 0.1) is 7.11 Å². The molecule has 74 valence electrons. The predicted octanol–water partition coefficient (Wildman–Crippen LogP) is 1.06. The van der Waals surface area contributed by atoms with Crippen molar-refractivity contribution in [2.24, 2.45) is 5.92 Å². The number of methoxy groups -OCH3 is 1. The maximum absolute atomic E-state index is 10.7. The van der Waals surface area contributed by atoms with Crippen LogP contribution in [0.1, 0.15) is 13.3 Å². The van der Waals surface area contributed by atoms with Gasteiger partial charge in [0.1, 0.15) is 0 Å². The highest BCUT2D eigenvalue weighted by Crippen LogP contribution is 2.14. The molecule has 1 atom stereocenters. The largest absolute Gasteiger partial charge is 0.466 e. The van der Waals surface area contributed by atoms with Crippen molar-refractivity contribution in [3.05, 3.63) is 12.2 Å². The second kappa shape index (κ2) is 5.02. The molecule has 0 radical (unpaired) electrons. The third kappa shape index (κ3) is 3.59. The molecule has 1 fully saturated rings. The van der Waals surface area contributed by atoms with Crippen LogP contribution in [0.4, 0.5) is 0 Å². The molecule has 1 rings (SSSR count). The smallest absolute Gasteiger partial charge is 0.330 e. The van der Waals surface area contributed by atoms with Crippen molar-refractivity contribution in [1.82, 2.24) is 4.90 Å². The average Bonchev–Trinajstić information content (AvgIpc) is 2.51. The number of hydrogen-bond acceptors (Lipinski definition) is 3. The second-order valence-electron chi connectivity index (χ2n) is 3.58. The third-order valence-corrected chi connectivity index (χ3v) is 2.33. The minimum atomic E-state index is -0.271. The summed E-state index contributed by atoms with van der Waals surface area (Å²) in [6, 6.07) is 0. The van der Waals surface area contributed by atoms with Gasteiger partial charge in [0.15, 0.2) is 0 Å². The number of carbonyl (C=O) groups excluding carboxylic acids is 1. The second-order valence-corrected chi connectivity index (χ2v) is 3.58. The van der Waals surface area contributed by atoms with E-state index in [2.05, 4.69) is 16.6 Å². The summed E-state index contributed by atoms with van der Waals surface area (Å²) in [5.41, 5.74) is 0. The summed E-state index contributed by atoms with van der Waals surface area (Å²) in [7, 11) is 1.39. The van der Waals surface area contributed by atoms with E-state index in [0.29, 0.717) is 0 Å². The number of carbonyl (C=O) groups is 1. The molecule has 0 aromatic heterocycles. The van der Waals surface area contributed by atoms with Crippen LogP contribution in [-0.4, -0.2) is 37.6 Å². The predicted molar refractivity (Wildman–Crippen MR) is 51.4 cm³/mol. The van der Waals surface area contributed by atoms with Gasteiger partial charge in [-0.3, -0.25) is 4.90 Å². The number of esters is 1. The fourth-order valence-corrected chi connectivity index (χ4v) is 1.56. The van der Waals surface area contributed by atoms with Gasteiger partial charge < -0.3 is 4.74 Å². The minimum Gasteiger partial charge on any atom is -0.466 e. The van der Waals surface area contributed by atoms with Crippen LogP contribution < -0.4 is 0 Å². The van der Waals surface area contributed by atoms with Gasteiger partial charge in [-0.05, 0) is 18.9 Å². The van der Waals surface area contributed by atoms with Crippen LogP contribution in [-0.2, 0) is 9.53 Å². The molecule has 1 unspecified atom stereocenters. The molecule has 1 aliphatic heterocycles. The Bertz CT molecular complexity index is 201. The normalized spacial score (nSPS) is 24.0. The molecular weight excluding hydrogens is 166 g/mol. The van der Waals surface area contributed by atoms with E-state index in [0.717, 1.165) is 25.6 Å². The third-order valence-electron chi connectivity index (χ3n) is 2.33. The summed E-state index contributed by atoms with van der Waals surface area (Å²) in [6.07, 6.45) is 4.62. The Kier molecular flexibility index (Phi) is 3.96. The Morgan fingerprint density at radius 1 is 1.69 bits per heavy atom. The Hall–Kier alpha value is -0.830. The number of ether oxygens (including phenoxy) is 1. The van der Waals surface area contributed by atoms with Crippen LogP contribution in [0.3, 0.4) is 0 Å². The van der Waals surface area contributed by atoms with Gasteiger partial charge in [0, 0.05) is 19.2 Å². The lowest BCUT2D eigenvalue weighted by molar-refractivity contribution is -0.134. The van der Waals surface area contributed by atoms with Gasteiger partial charge in [-0.1, -0.05) is 13.0 Å². The minimum absolute atomic E-state index is 0.271. The number of rotatable bonds is 3. The van der Waals surface area contributed by atoms with E-state index in [1.54, 1.807) is 0 Å². The molecule has 0 bridgehead atoms. The molecule has 0 aliphatic carbocycles. The molecule has 1 saturated heterocycles. The molecule has 0 aromatic rings. The SMILES string of the molecule is COC(=O)/C=C/CN1CCC(C)C1. The fourth-order valence-electron chi connectivity index (χ4n) is 1.56. The van der Waals surface area contributed by atoms with E-state index in [4.69, 9.17) is 0 Å². The highest BCUT2D eigenvalue weighted by atomic mass is 16.5. The molecule has 0 amide bonds. The first kappa shape index (κ1) is 10.3. The number of likely N-dealkylation sites (tertiary alicyclic amines) is 1. The van der Waals surface area contributed by atoms with E-state index in [1.807, 2.05) is 6.08 Å². The summed E-state index contributed by atoms with van der Waals surface area (Å²) in [5, 5.41) is 0. The molecule has 0 spiro atoms. The molecule has 0 saturated carbocycles. The maximum Gasteiger partial charge on any atom is 0.330 e. The quantitative estimate of drug-likeness (QED) is 0.484. The van der Waals surface area contributed by atoms with Gasteiger partial charge in [-0.25, -0.2) is 4.79 Å². The van der Waals surface area contributed by atoms with Crippen LogP contribution in [0.2, 0.25) is 0 Å². The molecule has 1 heterocycles. The first-order valence-corrected chi connectivity index (χ1v) is 4.69. The molecule has 13 heavy (non-hydrogen) atoms. The van der Waals surface area contributed by atoms with Crippen LogP contribution in [0, 0.1) is 5.92 Å². The molecule has 1 aliphatic rings. The van der Waals surface area contributed by atoms with Crippen LogP contribution in [0.5, 0.6) is 0 Å². The van der Waals surface area contributed by atoms with Crippen LogP contribution in [0.25, 0.3) is 0 Å². The van der Waals surface area contributed by atoms with E-state index < -0.39 is 0 Å². The van der Waals surface area contributed by atoms with Gasteiger partial charge in [0.25, 0.3) is 0 Å². The highest BCUT2D eigenvalue weighted by molar-refractivity contribution is 5.81. The summed E-state index contributed by atoms with van der Waals surface area (Å²) < 4.78 is 4.49. The zero-order chi connectivity index (χ0) is 9.68. The van der Waals surface area contributed by atoms with Crippen LogP contribution >= 0.6 is 0 Å². The first-order valence-electron chi connectivity index (χ1n) is 4.69. The Morgan fingerprint density at radius 3 is 3.00 bits per heavy atom. The molecule has 3 nitrogen and oxygen atoms in total. The van der Waals surface area contributed by atoms with Gasteiger partial charge >= 0.3 is 5.97 Å². The van der Waals surface area contributed by atoms with Crippen molar-refractivity contribution in [1.29, 1.82) is 0 Å². The van der Waals surface area contributed by atoms with E-state index in [9.17, 15) is 4.79 Å². The van der Waals surface area contributed by atoms with Crippen molar-refractivity contribution < 1.29 is 9.53 Å². The number of nitrogens with zero attached hydrogens (tertiary/aromatic N) is 1. The summed E-state index contributed by atoms with van der Waals surface area (Å²) in [6.45, 7) is 5.40. The lowest BCUT2D eigenvalue weighted by Gasteiger charge is -2.11. The lowest BCUT2D eigenvalue weighted by atomic mass is 10.2. The van der Waals surface area contributed by atoms with Gasteiger partial charge in [0.2, 0.25) is 0 Å². The van der Waals surface area contributed by atoms with Crippen molar-refractivity contribution in [2.75, 3.05) is 26.7 Å². The van der Waals surface area contributed by atoms with Gasteiger partial charge in [-0.15, -0.1) is 0 Å². The Balaban J connectivity index is 2.19. The Labute approximate surface area is 79.4 Å². The summed E-state index contributed by atoms with van der Waals surface area (Å²) in [4.78, 5) is 13.1. The first-order chi connectivity index (χ1) is 6.22. The summed E-state index contributed by atoms with van der Waals surface area (Å²) in [5.74, 6) is 0.527. The fraction of sp³-hybridized carbons (Fsp3) is 0.700. The highest BCUT2D eigenvalue weighted by Gasteiger charge is 2.16. The molecule has 0 N–H and O–H groups in total. The lowest BCUT2D eigenvalue weighted by Crippen LogP contribution is -2.20. The van der Waals surface area contributed by atoms with E-state index >= 15 is 0 Å². The molecule has 3 heteroatoms. The molecule has 0 aromatic carbocycles. The topological polar surface area (TPSA) is 29.5 Å². The zero-order valence-corrected chi connectivity index (χ0v) is 8.32. The van der Waals surface area contributed by atoms with Gasteiger partial charge in [-0.2, -0.15) is 0 Å². The molecular formula is C10H17NO2. The van der Waals surface area contributed by atoms with Crippen molar-refractivity contribution in [3.63, 3.8) is 0 Å². The Morgan fingerprint density at radius 2 is 2.46 bits per heavy atom. The average molecular weight is 183 g/mol. The van der Waals surface area contributed by atoms with Crippen molar-refractivity contribution >= 4 is 5.97 Å². The number of hydrogen-bond donors (Lipinski definition) is 0. The summed E-state index contributed by atoms with van der Waals surface area (Å²) >= 11 is 0. The van der Waals surface area contributed by atoms with E-state index in [-0.39, 0.29) is 5.97 Å².